The van der Waals surface area contributed by atoms with E-state index in [1.165, 1.54) is 0 Å². The quantitative estimate of drug-likeness (QED) is 0.685. The lowest BCUT2D eigenvalue weighted by Crippen LogP contribution is -2.42. The average Bonchev–Trinajstić information content (AvgIpc) is 3.14. The molecule has 1 aromatic heterocycles. The monoisotopic (exact) mass is 349 g/mol. The van der Waals surface area contributed by atoms with Crippen molar-refractivity contribution in [2.75, 3.05) is 6.54 Å². The molecule has 0 saturated carbocycles. The molecule has 2 aromatic carbocycles. The van der Waals surface area contributed by atoms with Crippen LogP contribution in [0.15, 0.2) is 77.4 Å². The Bertz CT molecular complexity index is 822. The first-order chi connectivity index (χ1) is 12.5. The molecule has 2 N–H and O–H groups in total. The van der Waals surface area contributed by atoms with Crippen LogP contribution in [0.5, 0.6) is 0 Å². The Morgan fingerprint density at radius 2 is 1.69 bits per heavy atom. The minimum Gasteiger partial charge on any atom is -0.469 e. The van der Waals surface area contributed by atoms with E-state index in [1.54, 1.807) is 19.3 Å². The molecular weight excluding hydrogens is 326 g/mol. The van der Waals surface area contributed by atoms with Gasteiger partial charge >= 0.3 is 0 Å². The molecule has 4 nitrogen and oxygen atoms in total. The van der Waals surface area contributed by atoms with Crippen LogP contribution in [0, 0.1) is 0 Å². The van der Waals surface area contributed by atoms with Gasteiger partial charge in [0, 0.05) is 13.0 Å². The predicted octanol–water partition coefficient (Wildman–Crippen LogP) is 3.60. The Hall–Kier alpha value is -2.85. The third-order valence-electron chi connectivity index (χ3n) is 4.23. The number of hydrogen-bond donors (Lipinski definition) is 2. The maximum atomic E-state index is 12.2. The molecule has 4 heteroatoms. The van der Waals surface area contributed by atoms with Crippen LogP contribution in [0.25, 0.3) is 11.1 Å². The summed E-state index contributed by atoms with van der Waals surface area (Å²) in [5.41, 5.74) is 2.16. The highest BCUT2D eigenvalue weighted by atomic mass is 16.3. The first-order valence-corrected chi connectivity index (χ1v) is 8.68. The predicted molar refractivity (Wildman–Crippen MR) is 102 cm³/mol. The van der Waals surface area contributed by atoms with Crippen LogP contribution in [-0.2, 0) is 17.6 Å². The molecule has 0 bridgehead atoms. The molecule has 0 aliphatic carbocycles. The van der Waals surface area contributed by atoms with Crippen molar-refractivity contribution in [2.45, 2.75) is 25.4 Å². The summed E-state index contributed by atoms with van der Waals surface area (Å²) < 4.78 is 5.25. The van der Waals surface area contributed by atoms with Crippen molar-refractivity contribution in [3.63, 3.8) is 0 Å². The van der Waals surface area contributed by atoms with Gasteiger partial charge in [0.05, 0.1) is 18.3 Å². The first kappa shape index (κ1) is 18.0. The summed E-state index contributed by atoms with van der Waals surface area (Å²) >= 11 is 0. The molecule has 3 aromatic rings. The van der Waals surface area contributed by atoms with Gasteiger partial charge in [-0.15, -0.1) is 0 Å². The third kappa shape index (κ3) is 5.07. The number of rotatable bonds is 7. The fourth-order valence-electron chi connectivity index (χ4n) is 2.83. The second kappa shape index (κ2) is 8.02. The zero-order valence-electron chi connectivity index (χ0n) is 14.8. The molecule has 26 heavy (non-hydrogen) atoms. The third-order valence-corrected chi connectivity index (χ3v) is 4.23. The normalized spacial score (nSPS) is 13.2. The molecule has 0 spiro atoms. The molecule has 134 valence electrons. The van der Waals surface area contributed by atoms with Gasteiger partial charge in [-0.2, -0.15) is 0 Å². The van der Waals surface area contributed by atoms with Crippen LogP contribution in [0.2, 0.25) is 0 Å². The lowest BCUT2D eigenvalue weighted by molar-refractivity contribution is -0.121. The van der Waals surface area contributed by atoms with E-state index in [4.69, 9.17) is 4.42 Å². The second-order valence-corrected chi connectivity index (χ2v) is 6.77. The highest BCUT2D eigenvalue weighted by Crippen LogP contribution is 2.19. The number of benzene rings is 2. The van der Waals surface area contributed by atoms with Crippen molar-refractivity contribution in [3.05, 3.63) is 84.3 Å². The molecule has 1 heterocycles. The van der Waals surface area contributed by atoms with Gasteiger partial charge in [-0.25, -0.2) is 0 Å². The minimum atomic E-state index is -1.05. The summed E-state index contributed by atoms with van der Waals surface area (Å²) in [6.45, 7) is 1.86. The van der Waals surface area contributed by atoms with Crippen molar-refractivity contribution in [2.24, 2.45) is 0 Å². The van der Waals surface area contributed by atoms with Gasteiger partial charge in [0.15, 0.2) is 0 Å². The van der Waals surface area contributed by atoms with Crippen molar-refractivity contribution in [1.29, 1.82) is 0 Å². The Kier molecular flexibility index (Phi) is 5.54. The molecule has 0 fully saturated rings. The van der Waals surface area contributed by atoms with Crippen LogP contribution in [0.3, 0.4) is 0 Å². The van der Waals surface area contributed by atoms with Gasteiger partial charge in [0.1, 0.15) is 5.76 Å². The average molecular weight is 349 g/mol. The Labute approximate surface area is 153 Å². The molecule has 0 aliphatic heterocycles. The van der Waals surface area contributed by atoms with Crippen LogP contribution >= 0.6 is 0 Å². The number of furan rings is 1. The van der Waals surface area contributed by atoms with Crippen molar-refractivity contribution in [3.8, 4) is 11.1 Å². The summed E-state index contributed by atoms with van der Waals surface area (Å²) in [6, 6.07) is 21.7. The molecule has 1 atom stereocenters. The van der Waals surface area contributed by atoms with E-state index in [-0.39, 0.29) is 18.9 Å². The zero-order chi connectivity index (χ0) is 18.4. The number of carbonyl (C=O) groups is 1. The van der Waals surface area contributed by atoms with Gasteiger partial charge in [0.2, 0.25) is 5.91 Å². The van der Waals surface area contributed by atoms with E-state index in [1.807, 2.05) is 48.5 Å². The molecular formula is C22H23NO3. The summed E-state index contributed by atoms with van der Waals surface area (Å²) in [5.74, 6) is 0.581. The fraction of sp³-hybridized carbons (Fsp3) is 0.227. The molecule has 3 rings (SSSR count). The summed E-state index contributed by atoms with van der Waals surface area (Å²) in [6.07, 6.45) is 2.21. The molecule has 1 unspecified atom stereocenters. The Morgan fingerprint density at radius 3 is 2.35 bits per heavy atom. The lowest BCUT2D eigenvalue weighted by atomic mass is 10.0. The highest BCUT2D eigenvalue weighted by molar-refractivity contribution is 5.79. The van der Waals surface area contributed by atoms with Gasteiger partial charge < -0.3 is 14.8 Å². The van der Waals surface area contributed by atoms with E-state index in [0.717, 1.165) is 16.7 Å². The topological polar surface area (TPSA) is 62.5 Å². The number of carbonyl (C=O) groups excluding carboxylic acids is 1. The van der Waals surface area contributed by atoms with Crippen molar-refractivity contribution < 1.29 is 14.3 Å². The summed E-state index contributed by atoms with van der Waals surface area (Å²) in [5, 5.41) is 13.2. The van der Waals surface area contributed by atoms with E-state index in [0.29, 0.717) is 12.2 Å². The van der Waals surface area contributed by atoms with Crippen LogP contribution in [0.1, 0.15) is 18.2 Å². The van der Waals surface area contributed by atoms with E-state index < -0.39 is 5.60 Å². The van der Waals surface area contributed by atoms with Crippen molar-refractivity contribution >= 4 is 5.91 Å². The smallest absolute Gasteiger partial charge is 0.224 e. The van der Waals surface area contributed by atoms with E-state index in [2.05, 4.69) is 17.4 Å². The zero-order valence-corrected chi connectivity index (χ0v) is 14.8. The first-order valence-electron chi connectivity index (χ1n) is 8.68. The van der Waals surface area contributed by atoms with Gasteiger partial charge in [-0.05, 0) is 35.7 Å². The Balaban J connectivity index is 1.51. The molecule has 0 radical (unpaired) electrons. The van der Waals surface area contributed by atoms with Crippen LogP contribution in [-0.4, -0.2) is 23.2 Å². The number of hydrogen-bond acceptors (Lipinski definition) is 3. The Morgan fingerprint density at radius 1 is 1.00 bits per heavy atom. The number of aliphatic hydroxyl groups is 1. The highest BCUT2D eigenvalue weighted by Gasteiger charge is 2.23. The maximum Gasteiger partial charge on any atom is 0.224 e. The standard InChI is InChI=1S/C22H23NO3/c1-22(25,15-20-8-5-13-26-20)16-23-21(24)14-17-9-11-19(12-10-17)18-6-3-2-4-7-18/h2-13,25H,14-16H2,1H3,(H,23,24). The fourth-order valence-corrected chi connectivity index (χ4v) is 2.83. The molecule has 1 amide bonds. The number of nitrogens with one attached hydrogen (secondary N) is 1. The van der Waals surface area contributed by atoms with Crippen LogP contribution < -0.4 is 5.32 Å². The molecule has 0 saturated heterocycles. The lowest BCUT2D eigenvalue weighted by Gasteiger charge is -2.22. The van der Waals surface area contributed by atoms with Gasteiger partial charge in [-0.1, -0.05) is 54.6 Å². The van der Waals surface area contributed by atoms with Crippen molar-refractivity contribution in [1.82, 2.24) is 5.32 Å². The largest absolute Gasteiger partial charge is 0.469 e. The minimum absolute atomic E-state index is 0.114. The SMILES string of the molecule is CC(O)(CNC(=O)Cc1ccc(-c2ccccc2)cc1)Cc1ccco1. The van der Waals surface area contributed by atoms with E-state index in [9.17, 15) is 9.90 Å². The van der Waals surface area contributed by atoms with Gasteiger partial charge in [-0.3, -0.25) is 4.79 Å². The van der Waals surface area contributed by atoms with Crippen LogP contribution in [0.4, 0.5) is 0 Å². The molecule has 0 aliphatic rings. The maximum absolute atomic E-state index is 12.2. The van der Waals surface area contributed by atoms with E-state index >= 15 is 0 Å². The summed E-state index contributed by atoms with van der Waals surface area (Å²) in [4.78, 5) is 12.2. The summed E-state index contributed by atoms with van der Waals surface area (Å²) in [7, 11) is 0. The number of amides is 1. The van der Waals surface area contributed by atoms with Gasteiger partial charge in [0.25, 0.3) is 0 Å². The second-order valence-electron chi connectivity index (χ2n) is 6.77.